The molecule has 154 valence electrons. The fourth-order valence-electron chi connectivity index (χ4n) is 3.53. The van der Waals surface area contributed by atoms with Crippen molar-refractivity contribution in [3.63, 3.8) is 0 Å². The molecule has 0 spiro atoms. The molecule has 0 radical (unpaired) electrons. The zero-order chi connectivity index (χ0) is 20.9. The number of aromatic nitrogens is 1. The van der Waals surface area contributed by atoms with Gasteiger partial charge < -0.3 is 9.30 Å². The van der Waals surface area contributed by atoms with Gasteiger partial charge in [0, 0.05) is 35.8 Å². The molecule has 5 nitrogen and oxygen atoms in total. The predicted molar refractivity (Wildman–Crippen MR) is 125 cm³/mol. The first kappa shape index (κ1) is 20.3. The van der Waals surface area contributed by atoms with E-state index in [4.69, 9.17) is 4.74 Å². The maximum absolute atomic E-state index is 12.8. The van der Waals surface area contributed by atoms with Gasteiger partial charge in [-0.15, -0.1) is 0 Å². The van der Waals surface area contributed by atoms with Crippen LogP contribution in [0.1, 0.15) is 19.4 Å². The van der Waals surface area contributed by atoms with Gasteiger partial charge in [0.25, 0.3) is 5.91 Å². The largest absolute Gasteiger partial charge is 0.492 e. The lowest BCUT2D eigenvalue weighted by Gasteiger charge is -2.11. The maximum atomic E-state index is 12.8. The summed E-state index contributed by atoms with van der Waals surface area (Å²) in [5.74, 6) is 0.894. The summed E-state index contributed by atoms with van der Waals surface area (Å²) >= 11 is 1.46. The number of thioether (sulfide) groups is 1. The first-order valence-corrected chi connectivity index (χ1v) is 11.0. The smallest absolute Gasteiger partial charge is 0.266 e. The average Bonchev–Trinajstić information content (AvgIpc) is 3.27. The van der Waals surface area contributed by atoms with Crippen molar-refractivity contribution in [3.05, 3.63) is 71.3 Å². The second-order valence-electron chi connectivity index (χ2n) is 6.87. The molecule has 0 aliphatic carbocycles. The fourth-order valence-corrected chi connectivity index (χ4v) is 4.63. The van der Waals surface area contributed by atoms with Gasteiger partial charge in [0.1, 0.15) is 12.4 Å². The second kappa shape index (κ2) is 9.22. The van der Waals surface area contributed by atoms with Gasteiger partial charge in [-0.1, -0.05) is 36.4 Å². The zero-order valence-corrected chi connectivity index (χ0v) is 18.1. The third kappa shape index (κ3) is 4.14. The molecule has 3 aromatic rings. The van der Waals surface area contributed by atoms with Crippen molar-refractivity contribution in [2.75, 3.05) is 19.7 Å². The number of hydrogen-bond acceptors (Lipinski definition) is 4. The summed E-state index contributed by atoms with van der Waals surface area (Å²) in [6.45, 7) is 6.55. The van der Waals surface area contributed by atoms with Gasteiger partial charge in [0.15, 0.2) is 5.17 Å². The number of carbonyl (C=O) groups excluding carboxylic acids is 1. The van der Waals surface area contributed by atoms with Gasteiger partial charge in [-0.05, 0) is 49.9 Å². The van der Waals surface area contributed by atoms with Gasteiger partial charge in [-0.25, -0.2) is 0 Å². The van der Waals surface area contributed by atoms with Crippen LogP contribution in [0.4, 0.5) is 0 Å². The third-order valence-corrected chi connectivity index (χ3v) is 5.99. The molecule has 0 bridgehead atoms. The molecule has 1 aliphatic heterocycles. The first-order chi connectivity index (χ1) is 14.7. The molecule has 1 saturated heterocycles. The lowest BCUT2D eigenvalue weighted by molar-refractivity contribution is -0.122. The van der Waals surface area contributed by atoms with Crippen molar-refractivity contribution < 1.29 is 9.53 Å². The highest BCUT2D eigenvalue weighted by Crippen LogP contribution is 2.34. The number of amides is 1. The van der Waals surface area contributed by atoms with Crippen molar-refractivity contribution in [1.82, 2.24) is 9.47 Å². The zero-order valence-electron chi connectivity index (χ0n) is 17.2. The molecule has 1 aliphatic rings. The van der Waals surface area contributed by atoms with Crippen LogP contribution in [0.5, 0.6) is 5.75 Å². The number of rotatable bonds is 7. The van der Waals surface area contributed by atoms with E-state index >= 15 is 0 Å². The Morgan fingerprint density at radius 3 is 2.60 bits per heavy atom. The highest BCUT2D eigenvalue weighted by molar-refractivity contribution is 8.18. The first-order valence-electron chi connectivity index (χ1n) is 10.2. The monoisotopic (exact) mass is 419 g/mol. The van der Waals surface area contributed by atoms with E-state index in [2.05, 4.69) is 27.9 Å². The molecule has 2 aromatic carbocycles. The molecule has 2 heterocycles. The third-order valence-electron chi connectivity index (χ3n) is 4.95. The van der Waals surface area contributed by atoms with Crippen LogP contribution in [0.2, 0.25) is 0 Å². The van der Waals surface area contributed by atoms with Crippen molar-refractivity contribution in [2.24, 2.45) is 4.99 Å². The quantitative estimate of drug-likeness (QED) is 0.505. The van der Waals surface area contributed by atoms with Gasteiger partial charge in [-0.2, -0.15) is 0 Å². The predicted octanol–water partition coefficient (Wildman–Crippen LogP) is 5.03. The standard InChI is InChI=1S/C24H25N3O2S/c1-3-25-24-27(4-2)23(28)22(30-24)16-18-17-26(21-13-9-8-12-20(18)21)14-15-29-19-10-6-5-7-11-19/h5-13,16-17H,3-4,14-15H2,1-2H3/b22-16-,25-24?. The van der Waals surface area contributed by atoms with E-state index in [0.717, 1.165) is 33.9 Å². The van der Waals surface area contributed by atoms with Crippen LogP contribution < -0.4 is 4.74 Å². The lowest BCUT2D eigenvalue weighted by atomic mass is 10.1. The van der Waals surface area contributed by atoms with Gasteiger partial charge >= 0.3 is 0 Å². The number of likely N-dealkylation sites (N-methyl/N-ethyl adjacent to an activating group) is 1. The van der Waals surface area contributed by atoms with E-state index < -0.39 is 0 Å². The normalized spacial score (nSPS) is 16.9. The van der Waals surface area contributed by atoms with Crippen molar-refractivity contribution >= 4 is 39.8 Å². The Morgan fingerprint density at radius 2 is 1.83 bits per heavy atom. The Kier molecular flexibility index (Phi) is 6.23. The van der Waals surface area contributed by atoms with Crippen LogP contribution in [0.15, 0.2) is 70.7 Å². The maximum Gasteiger partial charge on any atom is 0.266 e. The van der Waals surface area contributed by atoms with Crippen LogP contribution in [-0.2, 0) is 11.3 Å². The summed E-state index contributed by atoms with van der Waals surface area (Å²) in [7, 11) is 0. The molecule has 1 fully saturated rings. The highest BCUT2D eigenvalue weighted by atomic mass is 32.2. The summed E-state index contributed by atoms with van der Waals surface area (Å²) in [5, 5.41) is 1.92. The molecular formula is C24H25N3O2S. The Balaban J connectivity index is 1.60. The molecule has 4 rings (SSSR count). The minimum Gasteiger partial charge on any atom is -0.492 e. The number of para-hydroxylation sites is 2. The van der Waals surface area contributed by atoms with Gasteiger partial charge in [0.2, 0.25) is 0 Å². The van der Waals surface area contributed by atoms with Crippen LogP contribution in [0, 0.1) is 0 Å². The highest BCUT2D eigenvalue weighted by Gasteiger charge is 2.32. The van der Waals surface area contributed by atoms with E-state index in [1.54, 1.807) is 4.90 Å². The molecule has 1 aromatic heterocycles. The number of amidine groups is 1. The molecule has 6 heteroatoms. The number of benzene rings is 2. The van der Waals surface area contributed by atoms with Crippen LogP contribution >= 0.6 is 11.8 Å². The molecular weight excluding hydrogens is 394 g/mol. The van der Waals surface area contributed by atoms with Crippen LogP contribution in [0.25, 0.3) is 17.0 Å². The van der Waals surface area contributed by atoms with E-state index in [0.29, 0.717) is 24.6 Å². The Labute approximate surface area is 181 Å². The molecule has 30 heavy (non-hydrogen) atoms. The molecule has 0 atom stereocenters. The Bertz CT molecular complexity index is 1100. The Morgan fingerprint density at radius 1 is 1.07 bits per heavy atom. The number of nitrogens with zero attached hydrogens (tertiary/aromatic N) is 3. The minimum atomic E-state index is 0.0268. The minimum absolute atomic E-state index is 0.0268. The summed E-state index contributed by atoms with van der Waals surface area (Å²) in [6.07, 6.45) is 4.09. The van der Waals surface area contributed by atoms with Gasteiger partial charge in [0.05, 0.1) is 11.4 Å². The fraction of sp³-hybridized carbons (Fsp3) is 0.250. The summed E-state index contributed by atoms with van der Waals surface area (Å²) < 4.78 is 8.06. The van der Waals surface area contributed by atoms with E-state index in [1.165, 1.54) is 11.8 Å². The number of carbonyl (C=O) groups is 1. The molecule has 0 saturated carbocycles. The Hall–Kier alpha value is -2.99. The van der Waals surface area contributed by atoms with Crippen LogP contribution in [0.3, 0.4) is 0 Å². The van der Waals surface area contributed by atoms with Crippen LogP contribution in [-0.4, -0.2) is 40.2 Å². The summed E-state index contributed by atoms with van der Waals surface area (Å²) in [4.78, 5) is 19.8. The van der Waals surface area contributed by atoms with E-state index in [-0.39, 0.29) is 5.91 Å². The van der Waals surface area contributed by atoms with Crippen molar-refractivity contribution in [3.8, 4) is 5.75 Å². The number of ether oxygens (including phenoxy) is 1. The number of hydrogen-bond donors (Lipinski definition) is 0. The average molecular weight is 420 g/mol. The number of aliphatic imine (C=N–C) groups is 1. The SMILES string of the molecule is CCN=C1S/C(=C\c2cn(CCOc3ccccc3)c3ccccc23)C(=O)N1CC. The molecule has 1 amide bonds. The molecule has 0 N–H and O–H groups in total. The summed E-state index contributed by atoms with van der Waals surface area (Å²) in [5.41, 5.74) is 2.17. The van der Waals surface area contributed by atoms with Crippen molar-refractivity contribution in [1.29, 1.82) is 0 Å². The summed E-state index contributed by atoms with van der Waals surface area (Å²) in [6, 6.07) is 18.1. The topological polar surface area (TPSA) is 46.8 Å². The van der Waals surface area contributed by atoms with Crippen molar-refractivity contribution in [2.45, 2.75) is 20.4 Å². The van der Waals surface area contributed by atoms with E-state index in [9.17, 15) is 4.79 Å². The number of fused-ring (bicyclic) bond motifs is 1. The van der Waals surface area contributed by atoms with Gasteiger partial charge in [-0.3, -0.25) is 14.7 Å². The van der Waals surface area contributed by atoms with E-state index in [1.807, 2.05) is 62.4 Å². The second-order valence-corrected chi connectivity index (χ2v) is 7.88. The lowest BCUT2D eigenvalue weighted by Crippen LogP contribution is -2.28. The molecule has 0 unspecified atom stereocenters.